The largest absolute Gasteiger partial charge is 0.302 e. The van der Waals surface area contributed by atoms with Gasteiger partial charge in [-0.25, -0.2) is 0 Å². The van der Waals surface area contributed by atoms with Gasteiger partial charge in [0.25, 0.3) is 0 Å². The van der Waals surface area contributed by atoms with Crippen molar-refractivity contribution >= 4 is 49.5 Å². The molecule has 0 aliphatic carbocycles. The van der Waals surface area contributed by atoms with Crippen LogP contribution in [0.25, 0.3) is 10.8 Å². The summed E-state index contributed by atoms with van der Waals surface area (Å²) in [5.74, 6) is -0.497. The molecule has 0 heterocycles. The lowest BCUT2D eigenvalue weighted by Crippen LogP contribution is -2.48. The van der Waals surface area contributed by atoms with Crippen molar-refractivity contribution in [2.45, 2.75) is 64.8 Å². The number of rotatable bonds is 9. The van der Waals surface area contributed by atoms with Crippen LogP contribution in [-0.2, 0) is 4.79 Å². The Kier molecular flexibility index (Phi) is 8.92. The first-order chi connectivity index (χ1) is 17.8. The Balaban J connectivity index is 1.92. The van der Waals surface area contributed by atoms with Crippen LogP contribution in [0.15, 0.2) is 71.6 Å². The zero-order valence-electron chi connectivity index (χ0n) is 22.6. The number of hydrogen-bond acceptors (Lipinski definition) is 6. The second kappa shape index (κ2) is 11.6. The molecule has 0 saturated heterocycles. The van der Waals surface area contributed by atoms with E-state index < -0.39 is 27.1 Å². The second-order valence-electron chi connectivity index (χ2n) is 10.5. The monoisotopic (exact) mass is 535 g/mol. The zero-order valence-corrected chi connectivity index (χ0v) is 23.4. The molecule has 3 rings (SSSR count). The molecule has 0 radical (unpaired) electrons. The summed E-state index contributed by atoms with van der Waals surface area (Å²) < 4.78 is 21.4. The van der Waals surface area contributed by atoms with Gasteiger partial charge in [-0.15, -0.1) is 10.6 Å². The van der Waals surface area contributed by atoms with Crippen LogP contribution in [0.4, 0.5) is 5.69 Å². The smallest absolute Gasteiger partial charge is 0.233 e. The van der Waals surface area contributed by atoms with E-state index in [1.54, 1.807) is 6.92 Å². The number of anilines is 1. The van der Waals surface area contributed by atoms with E-state index in [1.807, 2.05) is 70.2 Å². The molecule has 0 bridgehead atoms. The Hall–Kier alpha value is -3.33. The number of nitrogens with one attached hydrogen (secondary N) is 2. The molecule has 0 aliphatic heterocycles. The van der Waals surface area contributed by atoms with Gasteiger partial charge < -0.3 is 10.3 Å². The first-order valence-corrected chi connectivity index (χ1v) is 14.2. The SMILES string of the molecule is CCCCC(=N)C(=N)S(O)(O)c1ccc(C(=O)[C@H](C)N(C(=O)C(C)(C)C)c2ccc3ccccc3c2)cc1. The number of carbonyl (C=O) groups excluding carboxylic acids is 2. The van der Waals surface area contributed by atoms with Gasteiger partial charge in [-0.1, -0.05) is 64.4 Å². The maximum atomic E-state index is 13.6. The quantitative estimate of drug-likeness (QED) is 0.127. The molecule has 0 fully saturated rings. The summed E-state index contributed by atoms with van der Waals surface area (Å²) in [5, 5.41) is 17.6. The Morgan fingerprint density at radius 1 is 0.947 bits per heavy atom. The van der Waals surface area contributed by atoms with Gasteiger partial charge in [0.1, 0.15) is 0 Å². The molecule has 38 heavy (non-hydrogen) atoms. The molecule has 7 nitrogen and oxygen atoms in total. The van der Waals surface area contributed by atoms with E-state index in [-0.39, 0.29) is 22.3 Å². The lowest BCUT2D eigenvalue weighted by molar-refractivity contribution is -0.126. The lowest BCUT2D eigenvalue weighted by atomic mass is 9.92. The van der Waals surface area contributed by atoms with Gasteiger partial charge in [-0.05, 0) is 66.9 Å². The summed E-state index contributed by atoms with van der Waals surface area (Å²) in [7, 11) is -3.66. The van der Waals surface area contributed by atoms with E-state index in [0.717, 1.165) is 17.2 Å². The van der Waals surface area contributed by atoms with Crippen LogP contribution in [0.5, 0.6) is 0 Å². The molecule has 4 N–H and O–H groups in total. The highest BCUT2D eigenvalue weighted by atomic mass is 32.3. The minimum atomic E-state index is -3.66. The van der Waals surface area contributed by atoms with Crippen LogP contribution < -0.4 is 4.90 Å². The lowest BCUT2D eigenvalue weighted by Gasteiger charge is -2.34. The number of nitrogens with zero attached hydrogens (tertiary/aromatic N) is 1. The Labute approximate surface area is 226 Å². The summed E-state index contributed by atoms with van der Waals surface area (Å²) in [5.41, 5.74) is 0.0850. The predicted molar refractivity (Wildman–Crippen MR) is 157 cm³/mol. The summed E-state index contributed by atoms with van der Waals surface area (Å²) in [6.45, 7) is 9.09. The van der Waals surface area contributed by atoms with Crippen molar-refractivity contribution < 1.29 is 18.7 Å². The molecule has 202 valence electrons. The maximum Gasteiger partial charge on any atom is 0.233 e. The minimum absolute atomic E-state index is 0.0742. The van der Waals surface area contributed by atoms with Crippen molar-refractivity contribution in [1.29, 1.82) is 10.8 Å². The molecule has 0 saturated carbocycles. The van der Waals surface area contributed by atoms with Gasteiger partial charge in [0.2, 0.25) is 5.91 Å². The standard InChI is InChI=1S/C30H37N3O4S/c1-6-7-12-26(31)28(32)38(36,37)25-17-14-22(15-18-25)27(34)20(2)33(29(35)30(3,4)5)24-16-13-21-10-8-9-11-23(21)19-24/h8-11,13-20,31-32,36-37H,6-7,12H2,1-5H3/t20-/m0/s1. The first kappa shape index (κ1) is 29.2. The number of ketones is 1. The van der Waals surface area contributed by atoms with Gasteiger partial charge in [-0.2, -0.15) is 0 Å². The number of hydrogen-bond donors (Lipinski definition) is 4. The van der Waals surface area contributed by atoms with Crippen LogP contribution in [0.3, 0.4) is 0 Å². The Bertz CT molecular complexity index is 1360. The summed E-state index contributed by atoms with van der Waals surface area (Å²) in [4.78, 5) is 28.7. The molecular formula is C30H37N3O4S. The zero-order chi connectivity index (χ0) is 28.3. The fourth-order valence-electron chi connectivity index (χ4n) is 4.13. The average molecular weight is 536 g/mol. The molecule has 0 aliphatic rings. The van der Waals surface area contributed by atoms with Gasteiger partial charge in [0.15, 0.2) is 10.8 Å². The molecule has 0 unspecified atom stereocenters. The van der Waals surface area contributed by atoms with Crippen molar-refractivity contribution in [3.63, 3.8) is 0 Å². The third-order valence-electron chi connectivity index (χ3n) is 6.44. The normalized spacial score (nSPS) is 13.1. The van der Waals surface area contributed by atoms with Crippen molar-refractivity contribution in [3.05, 3.63) is 72.3 Å². The topological polar surface area (TPSA) is 126 Å². The van der Waals surface area contributed by atoms with E-state index in [1.165, 1.54) is 29.2 Å². The fourth-order valence-corrected chi connectivity index (χ4v) is 5.33. The summed E-state index contributed by atoms with van der Waals surface area (Å²) >= 11 is 0. The van der Waals surface area contributed by atoms with Crippen molar-refractivity contribution in [3.8, 4) is 0 Å². The molecular weight excluding hydrogens is 498 g/mol. The number of carbonyl (C=O) groups is 2. The number of benzene rings is 3. The predicted octanol–water partition coefficient (Wildman–Crippen LogP) is 7.79. The first-order valence-electron chi connectivity index (χ1n) is 12.7. The molecule has 0 aromatic heterocycles. The third kappa shape index (κ3) is 6.20. The molecule has 1 atom stereocenters. The highest BCUT2D eigenvalue weighted by Crippen LogP contribution is 2.49. The van der Waals surface area contributed by atoms with E-state index in [4.69, 9.17) is 10.8 Å². The van der Waals surface area contributed by atoms with Crippen LogP contribution in [0, 0.1) is 16.2 Å². The van der Waals surface area contributed by atoms with Crippen molar-refractivity contribution in [2.75, 3.05) is 4.90 Å². The maximum absolute atomic E-state index is 13.6. The summed E-state index contributed by atoms with van der Waals surface area (Å²) in [6, 6.07) is 18.4. The number of unbranched alkanes of at least 4 members (excludes halogenated alkanes) is 1. The van der Waals surface area contributed by atoms with Gasteiger partial charge in [0, 0.05) is 16.7 Å². The van der Waals surface area contributed by atoms with E-state index in [2.05, 4.69) is 0 Å². The van der Waals surface area contributed by atoms with Crippen LogP contribution >= 0.6 is 10.6 Å². The van der Waals surface area contributed by atoms with Gasteiger partial charge in [0.05, 0.1) is 16.6 Å². The highest BCUT2D eigenvalue weighted by Gasteiger charge is 2.35. The second-order valence-corrected chi connectivity index (χ2v) is 12.5. The molecule has 3 aromatic carbocycles. The fraction of sp³-hybridized carbons (Fsp3) is 0.333. The molecule has 8 heteroatoms. The van der Waals surface area contributed by atoms with Crippen LogP contribution in [0.1, 0.15) is 64.2 Å². The molecule has 1 amide bonds. The Morgan fingerprint density at radius 2 is 1.55 bits per heavy atom. The van der Waals surface area contributed by atoms with Crippen molar-refractivity contribution in [2.24, 2.45) is 5.41 Å². The highest BCUT2D eigenvalue weighted by molar-refractivity contribution is 8.38. The van der Waals surface area contributed by atoms with Crippen LogP contribution in [0.2, 0.25) is 0 Å². The minimum Gasteiger partial charge on any atom is -0.302 e. The van der Waals surface area contributed by atoms with Gasteiger partial charge in [-0.3, -0.25) is 24.1 Å². The third-order valence-corrected chi connectivity index (χ3v) is 8.19. The Morgan fingerprint density at radius 3 is 2.13 bits per heavy atom. The van der Waals surface area contributed by atoms with Crippen molar-refractivity contribution in [1.82, 2.24) is 0 Å². The number of Topliss-reactive ketones (excluding diaryl/α,β-unsaturated/α-hetero) is 1. The average Bonchev–Trinajstić information content (AvgIpc) is 2.90. The number of fused-ring (bicyclic) bond motifs is 1. The molecule has 3 aromatic rings. The van der Waals surface area contributed by atoms with Crippen LogP contribution in [-0.4, -0.2) is 37.6 Å². The summed E-state index contributed by atoms with van der Waals surface area (Å²) in [6.07, 6.45) is 1.81. The van der Waals surface area contributed by atoms with E-state index in [9.17, 15) is 18.7 Å². The van der Waals surface area contributed by atoms with Gasteiger partial charge >= 0.3 is 0 Å². The molecule has 0 spiro atoms. The number of amides is 1. The van der Waals surface area contributed by atoms with E-state index in [0.29, 0.717) is 24.1 Å². The van der Waals surface area contributed by atoms with E-state index >= 15 is 0 Å².